The number of nitrogens with zero attached hydrogens (tertiary/aromatic N) is 1. The number of hydrogen-bond donors (Lipinski definition) is 3. The molecule has 3 aromatic rings. The van der Waals surface area contributed by atoms with Crippen molar-refractivity contribution in [1.82, 2.24) is 4.98 Å². The maximum Gasteiger partial charge on any atom is 0.257 e. The molecule has 31 heavy (non-hydrogen) atoms. The van der Waals surface area contributed by atoms with Crippen molar-refractivity contribution < 1.29 is 18.0 Å². The third-order valence-electron chi connectivity index (χ3n) is 4.98. The Bertz CT molecular complexity index is 1220. The number of aryl methyl sites for hydroxylation is 1. The molecule has 2 aromatic carbocycles. The molecule has 4 N–H and O–H groups in total. The third-order valence-corrected chi connectivity index (χ3v) is 6.95. The standard InChI is InChI=1S/C21H20N4O4S2/c22-31(28,29)15-11-9-14(10-12-15)23-20(27)16-7-4-8-17-18(16)24-21(30-17)25-19(26)13-5-2-1-3-6-13/h1-3,5-6,9-12,16H,4,7-8H2,(H,23,27)(H2,22,28,29)(H,24,25,26). The minimum atomic E-state index is -3.79. The number of benzene rings is 2. The lowest BCUT2D eigenvalue weighted by molar-refractivity contribution is -0.117. The predicted octanol–water partition coefficient (Wildman–Crippen LogP) is 3.10. The van der Waals surface area contributed by atoms with Gasteiger partial charge >= 0.3 is 0 Å². The van der Waals surface area contributed by atoms with E-state index in [0.717, 1.165) is 17.7 Å². The summed E-state index contributed by atoms with van der Waals surface area (Å²) in [5.41, 5.74) is 1.68. The van der Waals surface area contributed by atoms with Crippen LogP contribution in [0.3, 0.4) is 0 Å². The number of rotatable bonds is 5. The van der Waals surface area contributed by atoms with Crippen LogP contribution in [-0.2, 0) is 21.2 Å². The van der Waals surface area contributed by atoms with Gasteiger partial charge in [-0.15, -0.1) is 11.3 Å². The first-order chi connectivity index (χ1) is 14.8. The van der Waals surface area contributed by atoms with Gasteiger partial charge in [0.2, 0.25) is 15.9 Å². The van der Waals surface area contributed by atoms with Gasteiger partial charge in [0.1, 0.15) is 0 Å². The molecule has 0 saturated carbocycles. The van der Waals surface area contributed by atoms with Crippen LogP contribution in [0.2, 0.25) is 0 Å². The smallest absolute Gasteiger partial charge is 0.257 e. The zero-order valence-corrected chi connectivity index (χ0v) is 18.0. The number of aromatic nitrogens is 1. The van der Waals surface area contributed by atoms with Gasteiger partial charge in [0, 0.05) is 16.1 Å². The van der Waals surface area contributed by atoms with Gasteiger partial charge in [-0.2, -0.15) is 0 Å². The minimum absolute atomic E-state index is 0.0243. The number of fused-ring (bicyclic) bond motifs is 1. The van der Waals surface area contributed by atoms with Crippen molar-refractivity contribution >= 4 is 44.0 Å². The molecule has 1 unspecified atom stereocenters. The van der Waals surface area contributed by atoms with Crippen molar-refractivity contribution in [2.45, 2.75) is 30.1 Å². The number of nitrogens with two attached hydrogens (primary N) is 1. The summed E-state index contributed by atoms with van der Waals surface area (Å²) in [6.45, 7) is 0. The topological polar surface area (TPSA) is 131 Å². The molecule has 1 aliphatic carbocycles. The Hall–Kier alpha value is -3.08. The van der Waals surface area contributed by atoms with Gasteiger partial charge in [-0.1, -0.05) is 18.2 Å². The molecule has 1 heterocycles. The van der Waals surface area contributed by atoms with Crippen LogP contribution >= 0.6 is 11.3 Å². The molecule has 1 aliphatic rings. The second-order valence-electron chi connectivity index (χ2n) is 7.15. The fourth-order valence-electron chi connectivity index (χ4n) is 3.44. The minimum Gasteiger partial charge on any atom is -0.326 e. The quantitative estimate of drug-likeness (QED) is 0.543. The Balaban J connectivity index is 1.49. The number of sulfonamides is 1. The van der Waals surface area contributed by atoms with Crippen LogP contribution in [0.25, 0.3) is 0 Å². The summed E-state index contributed by atoms with van der Waals surface area (Å²) < 4.78 is 22.7. The average molecular weight is 457 g/mol. The molecule has 0 radical (unpaired) electrons. The first-order valence-corrected chi connectivity index (χ1v) is 12.0. The fraction of sp³-hybridized carbons (Fsp3) is 0.190. The second-order valence-corrected chi connectivity index (χ2v) is 9.80. The lowest BCUT2D eigenvalue weighted by Crippen LogP contribution is -2.24. The van der Waals surface area contributed by atoms with Gasteiger partial charge in [-0.05, 0) is 55.7 Å². The molecule has 8 nitrogen and oxygen atoms in total. The number of nitrogens with one attached hydrogen (secondary N) is 2. The summed E-state index contributed by atoms with van der Waals surface area (Å²) in [6, 6.07) is 14.5. The Morgan fingerprint density at radius 1 is 1.03 bits per heavy atom. The monoisotopic (exact) mass is 456 g/mol. The van der Waals surface area contributed by atoms with E-state index in [9.17, 15) is 18.0 Å². The first kappa shape index (κ1) is 21.2. The van der Waals surface area contributed by atoms with E-state index in [4.69, 9.17) is 5.14 Å². The summed E-state index contributed by atoms with van der Waals surface area (Å²) in [6.07, 6.45) is 2.29. The van der Waals surface area contributed by atoms with E-state index in [0.29, 0.717) is 28.5 Å². The number of thiazole rings is 1. The van der Waals surface area contributed by atoms with Crippen LogP contribution in [-0.4, -0.2) is 25.2 Å². The highest BCUT2D eigenvalue weighted by Gasteiger charge is 2.30. The summed E-state index contributed by atoms with van der Waals surface area (Å²) in [7, 11) is -3.79. The van der Waals surface area contributed by atoms with Gasteiger partial charge in [0.15, 0.2) is 5.13 Å². The van der Waals surface area contributed by atoms with Gasteiger partial charge in [-0.25, -0.2) is 18.5 Å². The maximum absolute atomic E-state index is 12.9. The van der Waals surface area contributed by atoms with E-state index in [1.807, 2.05) is 6.07 Å². The van der Waals surface area contributed by atoms with E-state index in [-0.39, 0.29) is 16.7 Å². The molecular formula is C21H20N4O4S2. The van der Waals surface area contributed by atoms with Crippen LogP contribution < -0.4 is 15.8 Å². The van der Waals surface area contributed by atoms with Crippen LogP contribution in [0.5, 0.6) is 0 Å². The summed E-state index contributed by atoms with van der Waals surface area (Å²) in [4.78, 5) is 30.8. The summed E-state index contributed by atoms with van der Waals surface area (Å²) in [5, 5.41) is 11.2. The third kappa shape index (κ3) is 4.82. The number of carbonyl (C=O) groups is 2. The van der Waals surface area contributed by atoms with Crippen molar-refractivity contribution in [3.63, 3.8) is 0 Å². The molecule has 1 atom stereocenters. The van der Waals surface area contributed by atoms with Crippen LogP contribution in [0.4, 0.5) is 10.8 Å². The predicted molar refractivity (Wildman–Crippen MR) is 119 cm³/mol. The molecular weight excluding hydrogens is 436 g/mol. The van der Waals surface area contributed by atoms with Gasteiger partial charge in [-0.3, -0.25) is 14.9 Å². The van der Waals surface area contributed by atoms with Crippen molar-refractivity contribution in [1.29, 1.82) is 0 Å². The van der Waals surface area contributed by atoms with E-state index < -0.39 is 15.9 Å². The van der Waals surface area contributed by atoms with E-state index in [2.05, 4.69) is 15.6 Å². The Kier molecular flexibility index (Phi) is 5.86. The van der Waals surface area contributed by atoms with Crippen molar-refractivity contribution in [3.8, 4) is 0 Å². The summed E-state index contributed by atoms with van der Waals surface area (Å²) >= 11 is 1.39. The lowest BCUT2D eigenvalue weighted by atomic mass is 9.90. The molecule has 0 fully saturated rings. The van der Waals surface area contributed by atoms with Crippen molar-refractivity contribution in [2.75, 3.05) is 10.6 Å². The fourth-order valence-corrected chi connectivity index (χ4v) is 5.02. The van der Waals surface area contributed by atoms with E-state index in [1.165, 1.54) is 35.6 Å². The van der Waals surface area contributed by atoms with Crippen LogP contribution in [0.15, 0.2) is 59.5 Å². The van der Waals surface area contributed by atoms with Gasteiger partial charge in [0.05, 0.1) is 16.5 Å². The second kappa shape index (κ2) is 8.58. The molecule has 0 aliphatic heterocycles. The normalized spacial score (nSPS) is 15.7. The van der Waals surface area contributed by atoms with E-state index in [1.54, 1.807) is 24.3 Å². The maximum atomic E-state index is 12.9. The molecule has 4 rings (SSSR count). The van der Waals surface area contributed by atoms with Gasteiger partial charge in [0.25, 0.3) is 5.91 Å². The number of carbonyl (C=O) groups excluding carboxylic acids is 2. The Morgan fingerprint density at radius 2 is 1.74 bits per heavy atom. The number of primary sulfonamides is 1. The zero-order valence-electron chi connectivity index (χ0n) is 16.4. The lowest BCUT2D eigenvalue weighted by Gasteiger charge is -2.20. The zero-order chi connectivity index (χ0) is 22.0. The average Bonchev–Trinajstić information content (AvgIpc) is 3.16. The number of hydrogen-bond acceptors (Lipinski definition) is 6. The molecule has 0 spiro atoms. The van der Waals surface area contributed by atoms with Crippen molar-refractivity contribution in [2.24, 2.45) is 5.14 Å². The van der Waals surface area contributed by atoms with Crippen molar-refractivity contribution in [3.05, 3.63) is 70.7 Å². The molecule has 0 saturated heterocycles. The first-order valence-electron chi connectivity index (χ1n) is 9.61. The molecule has 160 valence electrons. The molecule has 2 amide bonds. The van der Waals surface area contributed by atoms with E-state index >= 15 is 0 Å². The molecule has 0 bridgehead atoms. The van der Waals surface area contributed by atoms with Gasteiger partial charge < -0.3 is 5.32 Å². The Labute approximate surface area is 183 Å². The highest BCUT2D eigenvalue weighted by atomic mass is 32.2. The SMILES string of the molecule is NS(=O)(=O)c1ccc(NC(=O)C2CCCc3sc(NC(=O)c4ccccc4)nc32)cc1. The largest absolute Gasteiger partial charge is 0.326 e. The number of anilines is 2. The molecule has 10 heteroatoms. The van der Waals surface area contributed by atoms with Crippen LogP contribution in [0.1, 0.15) is 39.7 Å². The number of amides is 2. The highest BCUT2D eigenvalue weighted by Crippen LogP contribution is 2.37. The highest BCUT2D eigenvalue weighted by molar-refractivity contribution is 7.89. The molecule has 1 aromatic heterocycles. The Morgan fingerprint density at radius 3 is 2.42 bits per heavy atom. The summed E-state index contributed by atoms with van der Waals surface area (Å²) in [5.74, 6) is -0.918. The van der Waals surface area contributed by atoms with Crippen LogP contribution in [0, 0.1) is 0 Å².